The summed E-state index contributed by atoms with van der Waals surface area (Å²) >= 11 is 2.37. The van der Waals surface area contributed by atoms with Gasteiger partial charge in [0.05, 0.1) is 0 Å². The van der Waals surface area contributed by atoms with Gasteiger partial charge in [-0.05, 0) is 72.5 Å². The average molecular weight is 343 g/mol. The Kier molecular flexibility index (Phi) is 5.78. The summed E-state index contributed by atoms with van der Waals surface area (Å²) in [4.78, 5) is 0. The Hall–Kier alpha value is -0.0900. The van der Waals surface area contributed by atoms with E-state index in [1.54, 1.807) is 0 Å². The Morgan fingerprint density at radius 3 is 2.65 bits per heavy atom. The smallest absolute Gasteiger partial charge is 0.0130 e. The van der Waals surface area contributed by atoms with E-state index in [9.17, 15) is 0 Å². The molecule has 1 atom stereocenters. The van der Waals surface area contributed by atoms with Crippen molar-refractivity contribution >= 4 is 22.6 Å². The predicted molar refractivity (Wildman–Crippen MR) is 82.4 cm³/mol. The molecule has 1 nitrogen and oxygen atoms in total. The molecule has 1 heterocycles. The molecule has 1 saturated heterocycles. The minimum absolute atomic E-state index is 0.745. The topological polar surface area (TPSA) is 12.0 Å². The molecule has 1 N–H and O–H groups in total. The number of rotatable bonds is 3. The van der Waals surface area contributed by atoms with Crippen molar-refractivity contribution in [3.63, 3.8) is 0 Å². The van der Waals surface area contributed by atoms with Crippen LogP contribution in [0.1, 0.15) is 44.1 Å². The van der Waals surface area contributed by atoms with Gasteiger partial charge in [-0.15, -0.1) is 0 Å². The van der Waals surface area contributed by atoms with Crippen LogP contribution in [0, 0.1) is 3.57 Å². The normalized spacial score (nSPS) is 21.8. The molecule has 1 aromatic carbocycles. The van der Waals surface area contributed by atoms with Crippen LogP contribution < -0.4 is 5.32 Å². The average Bonchev–Trinajstić information content (AvgIpc) is 2.30. The molecule has 0 radical (unpaired) electrons. The first-order valence-corrected chi connectivity index (χ1v) is 7.90. The molecule has 1 aliphatic rings. The first-order chi connectivity index (χ1) is 8.34. The second kappa shape index (κ2) is 7.37. The van der Waals surface area contributed by atoms with E-state index in [0.717, 1.165) is 6.04 Å². The molecule has 0 amide bonds. The fourth-order valence-electron chi connectivity index (χ4n) is 2.52. The molecule has 0 spiro atoms. The van der Waals surface area contributed by atoms with Crippen molar-refractivity contribution < 1.29 is 0 Å². The summed E-state index contributed by atoms with van der Waals surface area (Å²) in [5, 5.41) is 3.70. The SMILES string of the molecule is Ic1ccc(CCC2CCCCCCN2)cc1. The van der Waals surface area contributed by atoms with Crippen molar-refractivity contribution in [2.45, 2.75) is 51.0 Å². The van der Waals surface area contributed by atoms with Crippen LogP contribution in [-0.4, -0.2) is 12.6 Å². The van der Waals surface area contributed by atoms with Crippen molar-refractivity contribution in [2.75, 3.05) is 6.54 Å². The highest BCUT2D eigenvalue weighted by atomic mass is 127. The lowest BCUT2D eigenvalue weighted by Crippen LogP contribution is -2.31. The number of hydrogen-bond acceptors (Lipinski definition) is 1. The molecule has 1 aliphatic heterocycles. The van der Waals surface area contributed by atoms with Gasteiger partial charge in [0.2, 0.25) is 0 Å². The zero-order chi connectivity index (χ0) is 11.9. The van der Waals surface area contributed by atoms with Crippen LogP contribution >= 0.6 is 22.6 Å². The van der Waals surface area contributed by atoms with E-state index in [2.05, 4.69) is 52.2 Å². The van der Waals surface area contributed by atoms with E-state index in [1.165, 1.54) is 60.6 Å². The number of hydrogen-bond donors (Lipinski definition) is 1. The molecule has 2 rings (SSSR count). The van der Waals surface area contributed by atoms with Crippen molar-refractivity contribution in [1.82, 2.24) is 5.32 Å². The summed E-state index contributed by atoms with van der Waals surface area (Å²) in [6.07, 6.45) is 9.49. The monoisotopic (exact) mass is 343 g/mol. The van der Waals surface area contributed by atoms with E-state index >= 15 is 0 Å². The Labute approximate surface area is 119 Å². The zero-order valence-corrected chi connectivity index (χ0v) is 12.6. The van der Waals surface area contributed by atoms with E-state index in [1.807, 2.05) is 0 Å². The van der Waals surface area contributed by atoms with Gasteiger partial charge in [-0.3, -0.25) is 0 Å². The van der Waals surface area contributed by atoms with Gasteiger partial charge in [-0.25, -0.2) is 0 Å². The zero-order valence-electron chi connectivity index (χ0n) is 10.4. The molecule has 0 aliphatic carbocycles. The molecular formula is C15H22IN. The first kappa shape index (κ1) is 13.3. The maximum absolute atomic E-state index is 3.70. The lowest BCUT2D eigenvalue weighted by molar-refractivity contribution is 0.399. The number of benzene rings is 1. The van der Waals surface area contributed by atoms with E-state index in [0.29, 0.717) is 0 Å². The minimum Gasteiger partial charge on any atom is -0.314 e. The van der Waals surface area contributed by atoms with Gasteiger partial charge >= 0.3 is 0 Å². The Morgan fingerprint density at radius 2 is 1.82 bits per heavy atom. The lowest BCUT2D eigenvalue weighted by Gasteiger charge is -2.21. The van der Waals surface area contributed by atoms with Crippen LogP contribution in [-0.2, 0) is 6.42 Å². The molecule has 1 aromatic rings. The third-order valence-electron chi connectivity index (χ3n) is 3.61. The fraction of sp³-hybridized carbons (Fsp3) is 0.600. The second-order valence-corrected chi connectivity index (χ2v) is 6.26. The summed E-state index contributed by atoms with van der Waals surface area (Å²) in [6, 6.07) is 9.70. The Bertz CT molecular complexity index is 312. The summed E-state index contributed by atoms with van der Waals surface area (Å²) < 4.78 is 1.33. The molecule has 0 saturated carbocycles. The van der Waals surface area contributed by atoms with Crippen LogP contribution in [0.4, 0.5) is 0 Å². The molecule has 17 heavy (non-hydrogen) atoms. The van der Waals surface area contributed by atoms with Gasteiger partial charge < -0.3 is 5.32 Å². The quantitative estimate of drug-likeness (QED) is 0.813. The highest BCUT2D eigenvalue weighted by molar-refractivity contribution is 14.1. The second-order valence-electron chi connectivity index (χ2n) is 5.02. The molecule has 2 heteroatoms. The minimum atomic E-state index is 0.745. The number of nitrogens with one attached hydrogen (secondary N) is 1. The standard InChI is InChI=1S/C15H22IN/c16-14-9-6-13(7-10-14)8-11-15-5-3-1-2-4-12-17-15/h6-7,9-10,15,17H,1-5,8,11-12H2. The van der Waals surface area contributed by atoms with Crippen LogP contribution in [0.5, 0.6) is 0 Å². The molecule has 0 bridgehead atoms. The molecule has 0 aromatic heterocycles. The van der Waals surface area contributed by atoms with Gasteiger partial charge in [0.1, 0.15) is 0 Å². The maximum atomic E-state index is 3.70. The summed E-state index contributed by atoms with van der Waals surface area (Å²) in [7, 11) is 0. The summed E-state index contributed by atoms with van der Waals surface area (Å²) in [6.45, 7) is 1.22. The largest absolute Gasteiger partial charge is 0.314 e. The van der Waals surface area contributed by atoms with E-state index < -0.39 is 0 Å². The first-order valence-electron chi connectivity index (χ1n) is 6.82. The third kappa shape index (κ3) is 4.96. The summed E-state index contributed by atoms with van der Waals surface area (Å²) in [5.41, 5.74) is 1.48. The van der Waals surface area contributed by atoms with Crippen LogP contribution in [0.25, 0.3) is 0 Å². The number of halogens is 1. The van der Waals surface area contributed by atoms with Gasteiger partial charge in [0.15, 0.2) is 0 Å². The number of aryl methyl sites for hydroxylation is 1. The van der Waals surface area contributed by atoms with Gasteiger partial charge in [-0.2, -0.15) is 0 Å². The highest BCUT2D eigenvalue weighted by Gasteiger charge is 2.10. The highest BCUT2D eigenvalue weighted by Crippen LogP contribution is 2.15. The molecular weight excluding hydrogens is 321 g/mol. The van der Waals surface area contributed by atoms with E-state index in [-0.39, 0.29) is 0 Å². The van der Waals surface area contributed by atoms with Crippen molar-refractivity contribution in [1.29, 1.82) is 0 Å². The maximum Gasteiger partial charge on any atom is 0.0130 e. The van der Waals surface area contributed by atoms with Crippen LogP contribution in [0.15, 0.2) is 24.3 Å². The lowest BCUT2D eigenvalue weighted by atomic mass is 9.98. The van der Waals surface area contributed by atoms with Gasteiger partial charge in [0.25, 0.3) is 0 Å². The van der Waals surface area contributed by atoms with Crippen molar-refractivity contribution in [3.05, 3.63) is 33.4 Å². The van der Waals surface area contributed by atoms with E-state index in [4.69, 9.17) is 0 Å². The van der Waals surface area contributed by atoms with Crippen molar-refractivity contribution in [2.24, 2.45) is 0 Å². The fourth-order valence-corrected chi connectivity index (χ4v) is 2.88. The Balaban J connectivity index is 1.77. The molecule has 1 unspecified atom stereocenters. The predicted octanol–water partition coefficient (Wildman–Crippen LogP) is 4.15. The van der Waals surface area contributed by atoms with Crippen LogP contribution in [0.3, 0.4) is 0 Å². The third-order valence-corrected chi connectivity index (χ3v) is 4.33. The van der Waals surface area contributed by atoms with Gasteiger partial charge in [-0.1, -0.05) is 31.4 Å². The molecule has 1 fully saturated rings. The van der Waals surface area contributed by atoms with Gasteiger partial charge in [0, 0.05) is 9.61 Å². The summed E-state index contributed by atoms with van der Waals surface area (Å²) in [5.74, 6) is 0. The Morgan fingerprint density at radius 1 is 1.06 bits per heavy atom. The van der Waals surface area contributed by atoms with Crippen molar-refractivity contribution in [3.8, 4) is 0 Å². The van der Waals surface area contributed by atoms with Crippen LogP contribution in [0.2, 0.25) is 0 Å². The molecule has 94 valence electrons.